The molecule has 0 bridgehead atoms. The van der Waals surface area contributed by atoms with Crippen LogP contribution < -0.4 is 4.74 Å². The average molecular weight is 249 g/mol. The molecule has 4 heteroatoms. The van der Waals surface area contributed by atoms with Crippen LogP contribution >= 0.6 is 0 Å². The van der Waals surface area contributed by atoms with Gasteiger partial charge in [0.2, 0.25) is 0 Å². The molecule has 0 unspecified atom stereocenters. The highest BCUT2D eigenvalue weighted by Gasteiger charge is 2.26. The van der Waals surface area contributed by atoms with Crippen LogP contribution in [0.5, 0.6) is 5.75 Å². The molecule has 0 aliphatic rings. The summed E-state index contributed by atoms with van der Waals surface area (Å²) in [7, 11) is 0. The molecular weight excluding hydrogens is 230 g/mol. The number of amides is 1. The topological polar surface area (TPSA) is 46.6 Å². The summed E-state index contributed by atoms with van der Waals surface area (Å²) in [5.41, 5.74) is 0.0536. The van der Waals surface area contributed by atoms with E-state index in [4.69, 9.17) is 4.74 Å². The molecule has 1 rings (SSSR count). The Bertz CT molecular complexity index is 435. The first-order valence-electron chi connectivity index (χ1n) is 5.93. The molecule has 1 aromatic rings. The van der Waals surface area contributed by atoms with Gasteiger partial charge < -0.3 is 9.64 Å². The number of hydrogen-bond donors (Lipinski definition) is 0. The first-order chi connectivity index (χ1) is 8.40. The van der Waals surface area contributed by atoms with Crippen molar-refractivity contribution >= 4 is 12.4 Å². The highest BCUT2D eigenvalue weighted by atomic mass is 16.6. The molecule has 98 valence electrons. The number of carbonyl (C=O) groups excluding carboxylic acids is 2. The summed E-state index contributed by atoms with van der Waals surface area (Å²) in [6, 6.07) is 6.67. The smallest absolute Gasteiger partial charge is 0.409 e. The van der Waals surface area contributed by atoms with E-state index in [1.54, 1.807) is 29.2 Å². The molecule has 1 aromatic carbocycles. The van der Waals surface area contributed by atoms with E-state index in [1.165, 1.54) is 0 Å². The van der Waals surface area contributed by atoms with Crippen LogP contribution in [-0.4, -0.2) is 29.4 Å². The summed E-state index contributed by atoms with van der Waals surface area (Å²) in [5, 5.41) is 0. The highest BCUT2D eigenvalue weighted by Crippen LogP contribution is 2.20. The normalized spacial score (nSPS) is 10.9. The second-order valence-corrected chi connectivity index (χ2v) is 4.94. The minimum atomic E-state index is -0.445. The van der Waals surface area contributed by atoms with Crippen molar-refractivity contribution in [2.45, 2.75) is 33.2 Å². The van der Waals surface area contributed by atoms with Crippen LogP contribution in [0.1, 0.15) is 38.1 Å². The van der Waals surface area contributed by atoms with Gasteiger partial charge in [0.1, 0.15) is 5.75 Å². The number of ether oxygens (including phenoxy) is 1. The van der Waals surface area contributed by atoms with E-state index in [9.17, 15) is 9.59 Å². The van der Waals surface area contributed by atoms with E-state index in [1.807, 2.05) is 27.7 Å². The van der Waals surface area contributed by atoms with Gasteiger partial charge in [0.25, 0.3) is 0 Å². The molecular formula is C14H19NO3. The number of benzene rings is 1. The zero-order valence-electron chi connectivity index (χ0n) is 11.3. The Labute approximate surface area is 108 Å². The van der Waals surface area contributed by atoms with Crippen molar-refractivity contribution in [2.75, 3.05) is 6.54 Å². The third kappa shape index (κ3) is 3.32. The molecule has 4 nitrogen and oxygen atoms in total. The Hall–Kier alpha value is -1.84. The molecule has 0 spiro atoms. The van der Waals surface area contributed by atoms with Crippen molar-refractivity contribution < 1.29 is 14.3 Å². The van der Waals surface area contributed by atoms with Crippen LogP contribution in [0.15, 0.2) is 24.3 Å². The van der Waals surface area contributed by atoms with Crippen molar-refractivity contribution in [3.63, 3.8) is 0 Å². The summed E-state index contributed by atoms with van der Waals surface area (Å²) >= 11 is 0. The second-order valence-electron chi connectivity index (χ2n) is 4.94. The van der Waals surface area contributed by atoms with Gasteiger partial charge in [-0.25, -0.2) is 4.79 Å². The number of aldehydes is 1. The number of carbonyl (C=O) groups is 2. The lowest BCUT2D eigenvalue weighted by Gasteiger charge is -2.33. The molecule has 0 heterocycles. The lowest BCUT2D eigenvalue weighted by Crippen LogP contribution is -2.46. The molecule has 0 fully saturated rings. The fraction of sp³-hybridized carbons (Fsp3) is 0.429. The van der Waals surface area contributed by atoms with E-state index >= 15 is 0 Å². The van der Waals surface area contributed by atoms with E-state index in [0.717, 1.165) is 0 Å². The van der Waals surface area contributed by atoms with Crippen molar-refractivity contribution in [1.29, 1.82) is 0 Å². The number of rotatable bonds is 3. The fourth-order valence-corrected chi connectivity index (χ4v) is 1.70. The Kier molecular flexibility index (Phi) is 4.48. The SMILES string of the molecule is CCN(C(=O)Oc1ccccc1C=O)C(C)(C)C. The van der Waals surface area contributed by atoms with Gasteiger partial charge >= 0.3 is 6.09 Å². The zero-order valence-corrected chi connectivity index (χ0v) is 11.3. The maximum atomic E-state index is 12.0. The molecule has 18 heavy (non-hydrogen) atoms. The summed E-state index contributed by atoms with van der Waals surface area (Å²) in [5.74, 6) is 0.292. The molecule has 0 aliphatic heterocycles. The van der Waals surface area contributed by atoms with E-state index < -0.39 is 6.09 Å². The van der Waals surface area contributed by atoms with Crippen LogP contribution in [0.4, 0.5) is 4.79 Å². The molecule has 1 amide bonds. The van der Waals surface area contributed by atoms with Gasteiger partial charge in [-0.05, 0) is 39.8 Å². The Morgan fingerprint density at radius 2 is 1.94 bits per heavy atom. The lowest BCUT2D eigenvalue weighted by molar-refractivity contribution is 0.108. The Morgan fingerprint density at radius 1 is 1.33 bits per heavy atom. The maximum Gasteiger partial charge on any atom is 0.415 e. The maximum absolute atomic E-state index is 12.0. The van der Waals surface area contributed by atoms with Gasteiger partial charge in [0.15, 0.2) is 6.29 Å². The summed E-state index contributed by atoms with van der Waals surface area (Å²) in [6.07, 6.45) is 0.231. The number of nitrogens with zero attached hydrogens (tertiary/aromatic N) is 1. The standard InChI is InChI=1S/C14H19NO3/c1-5-15(14(2,3)4)13(17)18-12-9-7-6-8-11(12)10-16/h6-10H,5H2,1-4H3. The fourth-order valence-electron chi connectivity index (χ4n) is 1.70. The first-order valence-corrected chi connectivity index (χ1v) is 5.93. The molecule has 0 atom stereocenters. The third-order valence-electron chi connectivity index (χ3n) is 2.59. The second kappa shape index (κ2) is 5.67. The quantitative estimate of drug-likeness (QED) is 0.773. The first kappa shape index (κ1) is 14.2. The highest BCUT2D eigenvalue weighted by molar-refractivity contribution is 5.82. The minimum Gasteiger partial charge on any atom is -0.409 e. The van der Waals surface area contributed by atoms with Crippen LogP contribution in [-0.2, 0) is 0 Å². The predicted molar refractivity (Wildman–Crippen MR) is 70.0 cm³/mol. The molecule has 0 aliphatic carbocycles. The third-order valence-corrected chi connectivity index (χ3v) is 2.59. The zero-order chi connectivity index (χ0) is 13.8. The molecule has 0 aromatic heterocycles. The summed E-state index contributed by atoms with van der Waals surface area (Å²) in [6.45, 7) is 8.24. The molecule has 0 saturated carbocycles. The van der Waals surface area contributed by atoms with Crippen molar-refractivity contribution in [3.05, 3.63) is 29.8 Å². The Morgan fingerprint density at radius 3 is 2.44 bits per heavy atom. The number of para-hydroxylation sites is 1. The van der Waals surface area contributed by atoms with Crippen LogP contribution in [0, 0.1) is 0 Å². The molecule has 0 saturated heterocycles. The summed E-state index contributed by atoms with van der Waals surface area (Å²) < 4.78 is 5.27. The molecule has 0 radical (unpaired) electrons. The summed E-state index contributed by atoms with van der Waals surface area (Å²) in [4.78, 5) is 24.5. The predicted octanol–water partition coefficient (Wildman–Crippen LogP) is 3.12. The number of hydrogen-bond acceptors (Lipinski definition) is 3. The lowest BCUT2D eigenvalue weighted by atomic mass is 10.1. The largest absolute Gasteiger partial charge is 0.415 e. The minimum absolute atomic E-state index is 0.292. The van der Waals surface area contributed by atoms with Gasteiger partial charge in [0.05, 0.1) is 5.56 Å². The Balaban J connectivity index is 2.90. The molecule has 0 N–H and O–H groups in total. The van der Waals surface area contributed by atoms with Gasteiger partial charge in [0, 0.05) is 12.1 Å². The van der Waals surface area contributed by atoms with Gasteiger partial charge in [-0.2, -0.15) is 0 Å². The van der Waals surface area contributed by atoms with Crippen LogP contribution in [0.25, 0.3) is 0 Å². The van der Waals surface area contributed by atoms with Gasteiger partial charge in [-0.3, -0.25) is 4.79 Å². The van der Waals surface area contributed by atoms with Crippen LogP contribution in [0.2, 0.25) is 0 Å². The monoisotopic (exact) mass is 249 g/mol. The van der Waals surface area contributed by atoms with Crippen molar-refractivity contribution in [1.82, 2.24) is 4.90 Å². The van der Waals surface area contributed by atoms with Crippen molar-refractivity contribution in [2.24, 2.45) is 0 Å². The van der Waals surface area contributed by atoms with Crippen molar-refractivity contribution in [3.8, 4) is 5.75 Å². The van der Waals surface area contributed by atoms with E-state index in [0.29, 0.717) is 24.1 Å². The van der Waals surface area contributed by atoms with Crippen LogP contribution in [0.3, 0.4) is 0 Å². The van der Waals surface area contributed by atoms with Gasteiger partial charge in [-0.15, -0.1) is 0 Å². The van der Waals surface area contributed by atoms with E-state index in [-0.39, 0.29) is 5.54 Å². The van der Waals surface area contributed by atoms with Gasteiger partial charge in [-0.1, -0.05) is 12.1 Å². The van der Waals surface area contributed by atoms with E-state index in [2.05, 4.69) is 0 Å². The average Bonchev–Trinajstić information content (AvgIpc) is 2.28.